The van der Waals surface area contributed by atoms with Crippen molar-refractivity contribution >= 4 is 17.5 Å². The number of piperazine rings is 1. The summed E-state index contributed by atoms with van der Waals surface area (Å²) >= 11 is 0. The van der Waals surface area contributed by atoms with Crippen LogP contribution in [-0.4, -0.2) is 56.7 Å². The maximum atomic E-state index is 12.7. The summed E-state index contributed by atoms with van der Waals surface area (Å²) < 4.78 is 1.77. The summed E-state index contributed by atoms with van der Waals surface area (Å²) in [7, 11) is 0. The summed E-state index contributed by atoms with van der Waals surface area (Å²) in [5.41, 5.74) is 1.86. The highest BCUT2D eigenvalue weighted by Gasteiger charge is 2.24. The molecular formula is C19H23N7O. The Bertz CT molecular complexity index is 903. The van der Waals surface area contributed by atoms with Crippen LogP contribution in [0.15, 0.2) is 49.1 Å². The smallest absolute Gasteiger partial charge is 0.318 e. The number of hydrogen-bond acceptors (Lipinski definition) is 5. The molecule has 140 valence electrons. The first kappa shape index (κ1) is 17.3. The molecule has 1 aliphatic rings. The Hall–Kier alpha value is -3.16. The van der Waals surface area contributed by atoms with E-state index < -0.39 is 0 Å². The lowest BCUT2D eigenvalue weighted by Crippen LogP contribution is -2.52. The lowest BCUT2D eigenvalue weighted by atomic mass is 10.1. The zero-order valence-corrected chi connectivity index (χ0v) is 15.3. The predicted octanol–water partition coefficient (Wildman–Crippen LogP) is 2.11. The number of pyridine rings is 1. The number of urea groups is 1. The topological polar surface area (TPSA) is 78.7 Å². The molecule has 1 unspecified atom stereocenters. The van der Waals surface area contributed by atoms with Crippen LogP contribution in [0, 0.1) is 0 Å². The zero-order valence-electron chi connectivity index (χ0n) is 15.3. The minimum Gasteiger partial charge on any atom is -0.352 e. The second-order valence-corrected chi connectivity index (χ2v) is 6.59. The Morgan fingerprint density at radius 1 is 1.19 bits per heavy atom. The summed E-state index contributed by atoms with van der Waals surface area (Å²) in [6.07, 6.45) is 7.95. The van der Waals surface area contributed by atoms with Crippen LogP contribution >= 0.6 is 0 Å². The van der Waals surface area contributed by atoms with Crippen LogP contribution in [0.4, 0.5) is 10.6 Å². The number of fused-ring (bicyclic) bond motifs is 1. The SMILES string of the molecule is CCC(NC(=O)N1CCN(c2ccc3nccn3n2)CC1)c1cccnc1. The maximum absolute atomic E-state index is 12.7. The Kier molecular flexibility index (Phi) is 4.86. The number of nitrogens with zero attached hydrogens (tertiary/aromatic N) is 6. The summed E-state index contributed by atoms with van der Waals surface area (Å²) in [6.45, 7) is 4.90. The molecule has 2 amide bonds. The van der Waals surface area contributed by atoms with Gasteiger partial charge in [0.25, 0.3) is 0 Å². The Balaban J connectivity index is 1.36. The van der Waals surface area contributed by atoms with Crippen LogP contribution in [0.1, 0.15) is 24.9 Å². The fraction of sp³-hybridized carbons (Fsp3) is 0.368. The van der Waals surface area contributed by atoms with Gasteiger partial charge in [0, 0.05) is 51.0 Å². The average molecular weight is 365 g/mol. The largest absolute Gasteiger partial charge is 0.352 e. The predicted molar refractivity (Wildman–Crippen MR) is 103 cm³/mol. The molecule has 1 atom stereocenters. The Morgan fingerprint density at radius 3 is 2.78 bits per heavy atom. The van der Waals surface area contributed by atoms with Crippen molar-refractivity contribution in [2.24, 2.45) is 0 Å². The summed E-state index contributed by atoms with van der Waals surface area (Å²) in [5.74, 6) is 0.905. The lowest BCUT2D eigenvalue weighted by molar-refractivity contribution is 0.189. The number of aromatic nitrogens is 4. The number of imidazole rings is 1. The third-order valence-corrected chi connectivity index (χ3v) is 4.92. The van der Waals surface area contributed by atoms with Crippen molar-refractivity contribution in [3.05, 3.63) is 54.6 Å². The highest BCUT2D eigenvalue weighted by molar-refractivity contribution is 5.75. The van der Waals surface area contributed by atoms with Gasteiger partial charge in [-0.3, -0.25) is 4.98 Å². The van der Waals surface area contributed by atoms with E-state index in [1.807, 2.05) is 41.6 Å². The summed E-state index contributed by atoms with van der Waals surface area (Å²) in [4.78, 5) is 25.1. The molecule has 0 radical (unpaired) electrons. The van der Waals surface area contributed by atoms with E-state index in [-0.39, 0.29) is 12.1 Å². The van der Waals surface area contributed by atoms with Gasteiger partial charge in [-0.1, -0.05) is 13.0 Å². The monoisotopic (exact) mass is 365 g/mol. The van der Waals surface area contributed by atoms with Crippen LogP contribution in [0.25, 0.3) is 5.65 Å². The van der Waals surface area contributed by atoms with Crippen LogP contribution in [0.2, 0.25) is 0 Å². The van der Waals surface area contributed by atoms with E-state index in [2.05, 4.69) is 32.2 Å². The fourth-order valence-electron chi connectivity index (χ4n) is 3.36. The third-order valence-electron chi connectivity index (χ3n) is 4.92. The number of carbonyl (C=O) groups excluding carboxylic acids is 1. The quantitative estimate of drug-likeness (QED) is 0.766. The first-order chi connectivity index (χ1) is 13.2. The minimum atomic E-state index is -0.0247. The van der Waals surface area contributed by atoms with Gasteiger partial charge < -0.3 is 15.1 Å². The molecular weight excluding hydrogens is 342 g/mol. The van der Waals surface area contributed by atoms with Gasteiger partial charge >= 0.3 is 6.03 Å². The molecule has 3 aromatic heterocycles. The van der Waals surface area contributed by atoms with E-state index in [1.165, 1.54) is 0 Å². The lowest BCUT2D eigenvalue weighted by Gasteiger charge is -2.36. The molecule has 27 heavy (non-hydrogen) atoms. The van der Waals surface area contributed by atoms with E-state index in [9.17, 15) is 4.79 Å². The molecule has 0 saturated carbocycles. The van der Waals surface area contributed by atoms with Crippen molar-refractivity contribution in [3.63, 3.8) is 0 Å². The van der Waals surface area contributed by atoms with Crippen molar-refractivity contribution in [3.8, 4) is 0 Å². The molecule has 1 fully saturated rings. The van der Waals surface area contributed by atoms with Gasteiger partial charge in [-0.2, -0.15) is 0 Å². The molecule has 3 aromatic rings. The Morgan fingerprint density at radius 2 is 2.04 bits per heavy atom. The second kappa shape index (κ2) is 7.61. The van der Waals surface area contributed by atoms with Gasteiger partial charge in [-0.05, 0) is 30.2 Å². The number of hydrogen-bond donors (Lipinski definition) is 1. The molecule has 0 aromatic carbocycles. The summed E-state index contributed by atoms with van der Waals surface area (Å²) in [5, 5.41) is 7.71. The standard InChI is InChI=1S/C19H23N7O/c1-2-16(15-4-3-7-20-14-15)22-19(27)25-12-10-24(11-13-25)18-6-5-17-21-8-9-26(17)23-18/h3-9,14,16H,2,10-13H2,1H3,(H,22,27). The van der Waals surface area contributed by atoms with E-state index in [1.54, 1.807) is 16.9 Å². The summed E-state index contributed by atoms with van der Waals surface area (Å²) in [6, 6.07) is 7.79. The molecule has 8 nitrogen and oxygen atoms in total. The van der Waals surface area contributed by atoms with Crippen molar-refractivity contribution in [2.75, 3.05) is 31.1 Å². The van der Waals surface area contributed by atoms with Crippen molar-refractivity contribution in [1.29, 1.82) is 0 Å². The molecule has 0 aliphatic carbocycles. The van der Waals surface area contributed by atoms with E-state index in [0.717, 1.165) is 36.5 Å². The van der Waals surface area contributed by atoms with Crippen molar-refractivity contribution in [1.82, 2.24) is 29.8 Å². The third kappa shape index (κ3) is 3.69. The number of amides is 2. The molecule has 4 rings (SSSR count). The number of carbonyl (C=O) groups is 1. The molecule has 8 heteroatoms. The fourth-order valence-corrected chi connectivity index (χ4v) is 3.36. The average Bonchev–Trinajstić information content (AvgIpc) is 3.20. The molecule has 4 heterocycles. The van der Waals surface area contributed by atoms with Crippen molar-refractivity contribution < 1.29 is 4.79 Å². The first-order valence-corrected chi connectivity index (χ1v) is 9.25. The van der Waals surface area contributed by atoms with Gasteiger partial charge in [0.1, 0.15) is 5.82 Å². The molecule has 1 saturated heterocycles. The normalized spacial score (nSPS) is 15.7. The molecule has 0 bridgehead atoms. The number of rotatable bonds is 4. The van der Waals surface area contributed by atoms with E-state index >= 15 is 0 Å². The number of anilines is 1. The van der Waals surface area contributed by atoms with Crippen LogP contribution in [0.5, 0.6) is 0 Å². The highest BCUT2D eigenvalue weighted by Crippen LogP contribution is 2.17. The van der Waals surface area contributed by atoms with Crippen molar-refractivity contribution in [2.45, 2.75) is 19.4 Å². The van der Waals surface area contributed by atoms with E-state index in [0.29, 0.717) is 13.1 Å². The van der Waals surface area contributed by atoms with Gasteiger partial charge in [-0.15, -0.1) is 5.10 Å². The minimum absolute atomic E-state index is 0.0189. The van der Waals surface area contributed by atoms with Crippen LogP contribution in [0.3, 0.4) is 0 Å². The number of nitrogens with one attached hydrogen (secondary N) is 1. The van der Waals surface area contributed by atoms with Gasteiger partial charge in [0.15, 0.2) is 5.65 Å². The van der Waals surface area contributed by atoms with Gasteiger partial charge in [0.05, 0.1) is 6.04 Å². The highest BCUT2D eigenvalue weighted by atomic mass is 16.2. The van der Waals surface area contributed by atoms with Gasteiger partial charge in [0.2, 0.25) is 0 Å². The zero-order chi connectivity index (χ0) is 18.6. The molecule has 1 N–H and O–H groups in total. The molecule has 1 aliphatic heterocycles. The van der Waals surface area contributed by atoms with Crippen LogP contribution < -0.4 is 10.2 Å². The molecule has 0 spiro atoms. The van der Waals surface area contributed by atoms with Gasteiger partial charge in [-0.25, -0.2) is 14.3 Å². The van der Waals surface area contributed by atoms with E-state index in [4.69, 9.17) is 0 Å². The Labute approximate surface area is 157 Å². The maximum Gasteiger partial charge on any atom is 0.318 e. The van der Waals surface area contributed by atoms with Crippen LogP contribution in [-0.2, 0) is 0 Å². The second-order valence-electron chi connectivity index (χ2n) is 6.59. The first-order valence-electron chi connectivity index (χ1n) is 9.25.